The van der Waals surface area contributed by atoms with Crippen LogP contribution in [0.2, 0.25) is 0 Å². The molecule has 4 aliphatic rings. The molecule has 0 radical (unpaired) electrons. The van der Waals surface area contributed by atoms with Gasteiger partial charge in [-0.25, -0.2) is 4.98 Å². The summed E-state index contributed by atoms with van der Waals surface area (Å²) in [6, 6.07) is 10.0. The van der Waals surface area contributed by atoms with Gasteiger partial charge in [0.1, 0.15) is 19.2 Å². The van der Waals surface area contributed by atoms with Crippen molar-refractivity contribution in [3.63, 3.8) is 0 Å². The number of nitrogens with zero attached hydrogens (tertiary/aromatic N) is 2. The molecular formula is C29H41N2O3+. The summed E-state index contributed by atoms with van der Waals surface area (Å²) < 4.78 is 13.7. The molecule has 1 N–H and O–H groups in total. The molecular weight excluding hydrogens is 424 g/mol. The van der Waals surface area contributed by atoms with Crippen molar-refractivity contribution >= 4 is 0 Å². The zero-order valence-corrected chi connectivity index (χ0v) is 20.9. The number of quaternary nitrogens is 1. The van der Waals surface area contributed by atoms with Crippen LogP contribution in [0, 0.1) is 11.8 Å². The number of oxazole rings is 1. The maximum atomic E-state index is 12.1. The predicted molar refractivity (Wildman–Crippen MR) is 133 cm³/mol. The van der Waals surface area contributed by atoms with Gasteiger partial charge in [0.25, 0.3) is 0 Å². The van der Waals surface area contributed by atoms with Crippen LogP contribution in [0.5, 0.6) is 0 Å². The average molecular weight is 466 g/mol. The molecule has 1 aromatic heterocycles. The summed E-state index contributed by atoms with van der Waals surface area (Å²) in [4.78, 5) is 4.71. The van der Waals surface area contributed by atoms with Crippen molar-refractivity contribution in [1.82, 2.24) is 4.98 Å². The van der Waals surface area contributed by atoms with E-state index in [0.717, 1.165) is 54.6 Å². The van der Waals surface area contributed by atoms with E-state index >= 15 is 0 Å². The predicted octanol–water partition coefficient (Wildman–Crippen LogP) is 5.58. The highest BCUT2D eigenvalue weighted by atomic mass is 16.5. The highest BCUT2D eigenvalue weighted by Gasteiger charge is 2.48. The van der Waals surface area contributed by atoms with Gasteiger partial charge in [-0.15, -0.1) is 0 Å². The van der Waals surface area contributed by atoms with Crippen LogP contribution < -0.4 is 0 Å². The molecule has 4 heterocycles. The van der Waals surface area contributed by atoms with Gasteiger partial charge in [-0.2, -0.15) is 0 Å². The lowest BCUT2D eigenvalue weighted by molar-refractivity contribution is -0.959. The molecule has 1 aliphatic carbocycles. The molecule has 184 valence electrons. The second-order valence-electron chi connectivity index (χ2n) is 11.2. The van der Waals surface area contributed by atoms with Crippen molar-refractivity contribution in [2.45, 2.75) is 77.0 Å². The number of hydrogen-bond donors (Lipinski definition) is 1. The van der Waals surface area contributed by atoms with Crippen LogP contribution in [0.3, 0.4) is 0 Å². The Kier molecular flexibility index (Phi) is 6.97. The number of aliphatic hydroxyl groups is 1. The van der Waals surface area contributed by atoms with Crippen LogP contribution in [-0.2, 0) is 16.9 Å². The summed E-state index contributed by atoms with van der Waals surface area (Å²) in [5, 5.41) is 12.1. The topological polar surface area (TPSA) is 55.5 Å². The fourth-order valence-electron chi connectivity index (χ4n) is 6.60. The number of piperidine rings is 3. The van der Waals surface area contributed by atoms with E-state index in [2.05, 4.69) is 19.9 Å². The van der Waals surface area contributed by atoms with Crippen LogP contribution in [0.1, 0.15) is 76.0 Å². The fraction of sp³-hybridized carbons (Fsp3) is 0.621. The van der Waals surface area contributed by atoms with Gasteiger partial charge in [-0.3, -0.25) is 0 Å². The zero-order valence-electron chi connectivity index (χ0n) is 20.9. The van der Waals surface area contributed by atoms with Crippen molar-refractivity contribution in [3.8, 4) is 0 Å². The molecule has 2 bridgehead atoms. The first-order valence-corrected chi connectivity index (χ1v) is 13.3. The third-order valence-corrected chi connectivity index (χ3v) is 8.62. The molecule has 0 unspecified atom stereocenters. The molecule has 6 rings (SSSR count). The molecule has 2 aromatic rings. The van der Waals surface area contributed by atoms with E-state index in [4.69, 9.17) is 14.1 Å². The first kappa shape index (κ1) is 23.8. The Bertz CT molecular complexity index is 966. The van der Waals surface area contributed by atoms with Crippen molar-refractivity contribution in [2.75, 3.05) is 26.2 Å². The Hall–Kier alpha value is -1.95. The standard InChI is InChI=1S/C29H41N2O3/c1-22(2)15-18-33-27-21-31(16-13-23(27)14-17-31)20-26-19-30-28(34-26)29(32,24-9-5-3-6-10-24)25-11-7-4-8-12-25/h3,5-6,9-10,15,19,23,25,27,32H,4,7-8,11-14,16-18,20-21H2,1-2H3/q+1/t23?,27-,29-,31?/m0/s1. The SMILES string of the molecule is CC(C)=CCO[C@H]1C[N+]2(Cc3cnc([C@](O)(c4ccccc4)C4CCCCC4)o3)CCC1CC2. The molecule has 3 saturated heterocycles. The second-order valence-corrected chi connectivity index (χ2v) is 11.2. The smallest absolute Gasteiger partial charge is 0.231 e. The molecule has 5 nitrogen and oxygen atoms in total. The second kappa shape index (κ2) is 9.96. The van der Waals surface area contributed by atoms with Gasteiger partial charge in [0.15, 0.2) is 11.4 Å². The summed E-state index contributed by atoms with van der Waals surface area (Å²) in [5.41, 5.74) is 1.04. The van der Waals surface area contributed by atoms with E-state index in [9.17, 15) is 5.11 Å². The van der Waals surface area contributed by atoms with Crippen molar-refractivity contribution in [1.29, 1.82) is 0 Å². The van der Waals surface area contributed by atoms with Crippen LogP contribution in [0.25, 0.3) is 0 Å². The number of rotatable bonds is 8. The summed E-state index contributed by atoms with van der Waals surface area (Å²) in [6.45, 7) is 9.18. The third kappa shape index (κ3) is 4.75. The van der Waals surface area contributed by atoms with Gasteiger partial charge in [0.2, 0.25) is 5.89 Å². The first-order valence-electron chi connectivity index (χ1n) is 13.3. The van der Waals surface area contributed by atoms with Gasteiger partial charge in [0.05, 0.1) is 25.9 Å². The summed E-state index contributed by atoms with van der Waals surface area (Å²) in [5.74, 6) is 2.19. The Labute approximate surface area is 204 Å². The Morgan fingerprint density at radius 2 is 1.85 bits per heavy atom. The molecule has 0 amide bonds. The lowest BCUT2D eigenvalue weighted by atomic mass is 9.73. The lowest BCUT2D eigenvalue weighted by Crippen LogP contribution is -2.63. The third-order valence-electron chi connectivity index (χ3n) is 8.62. The maximum Gasteiger partial charge on any atom is 0.231 e. The highest BCUT2D eigenvalue weighted by molar-refractivity contribution is 5.30. The minimum atomic E-state index is -1.16. The summed E-state index contributed by atoms with van der Waals surface area (Å²) in [7, 11) is 0. The van der Waals surface area contributed by atoms with Gasteiger partial charge >= 0.3 is 0 Å². The van der Waals surface area contributed by atoms with Crippen LogP contribution >= 0.6 is 0 Å². The van der Waals surface area contributed by atoms with Gasteiger partial charge in [-0.05, 0) is 32.3 Å². The minimum Gasteiger partial charge on any atom is -0.436 e. The summed E-state index contributed by atoms with van der Waals surface area (Å²) in [6.07, 6.45) is 12.4. The van der Waals surface area contributed by atoms with Crippen molar-refractivity contribution < 1.29 is 18.7 Å². The van der Waals surface area contributed by atoms with Crippen molar-refractivity contribution in [3.05, 3.63) is 65.4 Å². The highest BCUT2D eigenvalue weighted by Crippen LogP contribution is 2.44. The van der Waals surface area contributed by atoms with E-state index in [-0.39, 0.29) is 5.92 Å². The quantitative estimate of drug-likeness (QED) is 0.408. The molecule has 5 heteroatoms. The van der Waals surface area contributed by atoms with Gasteiger partial charge < -0.3 is 18.7 Å². The van der Waals surface area contributed by atoms with E-state index < -0.39 is 5.60 Å². The number of fused-ring (bicyclic) bond motifs is 3. The van der Waals surface area contributed by atoms with E-state index in [0.29, 0.717) is 24.5 Å². The maximum absolute atomic E-state index is 12.1. The molecule has 4 fully saturated rings. The normalized spacial score (nSPS) is 29.0. The van der Waals surface area contributed by atoms with Crippen LogP contribution in [0.15, 0.2) is 52.6 Å². The van der Waals surface area contributed by atoms with Crippen molar-refractivity contribution in [2.24, 2.45) is 11.8 Å². The van der Waals surface area contributed by atoms with Crippen LogP contribution in [0.4, 0.5) is 0 Å². The number of benzene rings is 1. The van der Waals surface area contributed by atoms with E-state index in [1.807, 2.05) is 36.5 Å². The number of hydrogen-bond acceptors (Lipinski definition) is 4. The lowest BCUT2D eigenvalue weighted by Gasteiger charge is -2.51. The van der Waals surface area contributed by atoms with E-state index in [1.165, 1.54) is 37.9 Å². The average Bonchev–Trinajstić information content (AvgIpc) is 3.33. The molecule has 2 atom stereocenters. The Morgan fingerprint density at radius 3 is 2.56 bits per heavy atom. The van der Waals surface area contributed by atoms with Gasteiger partial charge in [0, 0.05) is 24.7 Å². The molecule has 1 aromatic carbocycles. The Morgan fingerprint density at radius 1 is 1.12 bits per heavy atom. The zero-order chi connectivity index (χ0) is 23.6. The molecule has 0 spiro atoms. The first-order chi connectivity index (χ1) is 16.5. The minimum absolute atomic E-state index is 0.140. The monoisotopic (exact) mass is 465 g/mol. The molecule has 3 aliphatic heterocycles. The van der Waals surface area contributed by atoms with E-state index in [1.54, 1.807) is 0 Å². The number of allylic oxidation sites excluding steroid dienone is 1. The summed E-state index contributed by atoms with van der Waals surface area (Å²) >= 11 is 0. The fourth-order valence-corrected chi connectivity index (χ4v) is 6.60. The molecule has 1 saturated carbocycles. The van der Waals surface area contributed by atoms with Gasteiger partial charge in [-0.1, -0.05) is 61.2 Å². The molecule has 34 heavy (non-hydrogen) atoms. The number of aromatic nitrogens is 1. The number of ether oxygens (including phenoxy) is 1. The Balaban J connectivity index is 1.35. The van der Waals surface area contributed by atoms with Crippen LogP contribution in [-0.4, -0.2) is 46.9 Å². The largest absolute Gasteiger partial charge is 0.436 e.